The van der Waals surface area contributed by atoms with Crippen molar-refractivity contribution in [1.82, 2.24) is 4.98 Å². The Kier molecular flexibility index (Phi) is 3.16. The van der Waals surface area contributed by atoms with Crippen LogP contribution >= 0.6 is 23.1 Å². The summed E-state index contributed by atoms with van der Waals surface area (Å²) in [5.74, 6) is 0.403. The third kappa shape index (κ3) is 2.38. The molecule has 0 aliphatic heterocycles. The van der Waals surface area contributed by atoms with E-state index in [0.29, 0.717) is 5.78 Å². The Morgan fingerprint density at radius 2 is 2.18 bits per heavy atom. The zero-order valence-corrected chi connectivity index (χ0v) is 11.0. The van der Waals surface area contributed by atoms with Crippen LogP contribution in [0.15, 0.2) is 28.6 Å². The Balaban J connectivity index is 1.82. The summed E-state index contributed by atoms with van der Waals surface area (Å²) in [5.41, 5.74) is 1.04. The lowest BCUT2D eigenvalue weighted by atomic mass is 9.99. The number of para-hydroxylation sites is 1. The first-order chi connectivity index (χ1) is 8.33. The van der Waals surface area contributed by atoms with Gasteiger partial charge in [0.05, 0.1) is 15.5 Å². The van der Waals surface area contributed by atoms with Crippen LogP contribution in [0.25, 0.3) is 10.2 Å². The number of aromatic nitrogens is 1. The molecule has 17 heavy (non-hydrogen) atoms. The molecule has 0 bridgehead atoms. The molecule has 0 saturated heterocycles. The number of hydrogen-bond donors (Lipinski definition) is 0. The number of rotatable bonds is 2. The number of carbonyl (C=O) groups excluding carboxylic acids is 1. The van der Waals surface area contributed by atoms with Crippen LogP contribution in [0, 0.1) is 0 Å². The smallest absolute Gasteiger partial charge is 0.151 e. The molecule has 3 rings (SSSR count). The van der Waals surface area contributed by atoms with Gasteiger partial charge in [-0.1, -0.05) is 30.3 Å². The van der Waals surface area contributed by atoms with E-state index in [4.69, 9.17) is 0 Å². The Bertz CT molecular complexity index is 516. The average Bonchev–Trinajstić information content (AvgIpc) is 2.74. The van der Waals surface area contributed by atoms with Gasteiger partial charge >= 0.3 is 0 Å². The maximum absolute atomic E-state index is 11.8. The fourth-order valence-corrected chi connectivity index (χ4v) is 4.53. The monoisotopic (exact) mass is 263 g/mol. The predicted molar refractivity (Wildman–Crippen MR) is 72.7 cm³/mol. The molecule has 1 aliphatic rings. The van der Waals surface area contributed by atoms with Crippen molar-refractivity contribution in [3.63, 3.8) is 0 Å². The van der Waals surface area contributed by atoms with Crippen molar-refractivity contribution in [2.45, 2.75) is 35.3 Å². The minimum absolute atomic E-state index is 0.143. The molecule has 0 radical (unpaired) electrons. The molecule has 2 aromatic rings. The van der Waals surface area contributed by atoms with Gasteiger partial charge in [0.1, 0.15) is 5.78 Å². The number of thiazole rings is 1. The minimum atomic E-state index is 0.143. The molecule has 0 amide bonds. The first kappa shape index (κ1) is 11.2. The molecular weight excluding hydrogens is 250 g/mol. The Labute approximate surface area is 108 Å². The minimum Gasteiger partial charge on any atom is -0.298 e. The highest BCUT2D eigenvalue weighted by Gasteiger charge is 2.24. The molecule has 1 aromatic heterocycles. The highest BCUT2D eigenvalue weighted by molar-refractivity contribution is 8.02. The number of thioether (sulfide) groups is 1. The molecule has 1 atom stereocenters. The molecule has 1 fully saturated rings. The lowest BCUT2D eigenvalue weighted by Crippen LogP contribution is -2.20. The van der Waals surface area contributed by atoms with Gasteiger partial charge in [-0.25, -0.2) is 4.98 Å². The second-order valence-electron chi connectivity index (χ2n) is 4.27. The van der Waals surface area contributed by atoms with E-state index >= 15 is 0 Å². The molecule has 2 nitrogen and oxygen atoms in total. The molecule has 0 spiro atoms. The molecular formula is C13H13NOS2. The van der Waals surface area contributed by atoms with Gasteiger partial charge in [0.25, 0.3) is 0 Å². The largest absolute Gasteiger partial charge is 0.298 e. The van der Waals surface area contributed by atoms with Crippen LogP contribution in [-0.4, -0.2) is 16.0 Å². The third-order valence-corrected chi connectivity index (χ3v) is 5.46. The van der Waals surface area contributed by atoms with E-state index in [1.807, 2.05) is 18.2 Å². The number of ketones is 1. The van der Waals surface area contributed by atoms with E-state index in [9.17, 15) is 4.79 Å². The molecule has 1 heterocycles. The zero-order chi connectivity index (χ0) is 11.7. The van der Waals surface area contributed by atoms with Crippen LogP contribution in [0.1, 0.15) is 25.7 Å². The summed E-state index contributed by atoms with van der Waals surface area (Å²) in [4.78, 5) is 16.3. The third-order valence-electron chi connectivity index (χ3n) is 3.02. The van der Waals surface area contributed by atoms with Crippen LogP contribution in [0.4, 0.5) is 0 Å². The van der Waals surface area contributed by atoms with E-state index in [-0.39, 0.29) is 5.25 Å². The summed E-state index contributed by atoms with van der Waals surface area (Å²) in [5, 5.41) is 0.143. The van der Waals surface area contributed by atoms with Gasteiger partial charge in [-0.2, -0.15) is 0 Å². The maximum Gasteiger partial charge on any atom is 0.151 e. The van der Waals surface area contributed by atoms with Crippen LogP contribution < -0.4 is 0 Å². The summed E-state index contributed by atoms with van der Waals surface area (Å²) in [6.45, 7) is 0. The SMILES string of the molecule is O=C1CCCC[C@H]1Sc1nc2ccccc2s1. The van der Waals surface area contributed by atoms with Crippen molar-refractivity contribution in [2.75, 3.05) is 0 Å². The average molecular weight is 263 g/mol. The molecule has 1 aromatic carbocycles. The number of nitrogens with zero attached hydrogens (tertiary/aromatic N) is 1. The fraction of sp³-hybridized carbons (Fsp3) is 0.385. The van der Waals surface area contributed by atoms with E-state index in [1.54, 1.807) is 23.1 Å². The summed E-state index contributed by atoms with van der Waals surface area (Å²) in [6.07, 6.45) is 4.01. The standard InChI is InChI=1S/C13H13NOS2/c15-10-6-2-4-8-12(10)17-13-14-9-5-1-3-7-11(9)16-13/h1,3,5,7,12H,2,4,6,8H2/t12-/m1/s1. The molecule has 88 valence electrons. The van der Waals surface area contributed by atoms with Crippen molar-refractivity contribution >= 4 is 39.1 Å². The normalized spacial score (nSPS) is 20.9. The van der Waals surface area contributed by atoms with Crippen molar-refractivity contribution in [2.24, 2.45) is 0 Å². The maximum atomic E-state index is 11.8. The van der Waals surface area contributed by atoms with Crippen molar-refractivity contribution in [3.8, 4) is 0 Å². The quantitative estimate of drug-likeness (QED) is 0.823. The molecule has 1 aliphatic carbocycles. The van der Waals surface area contributed by atoms with Crippen molar-refractivity contribution < 1.29 is 4.79 Å². The number of benzene rings is 1. The van der Waals surface area contributed by atoms with Crippen LogP contribution in [0.3, 0.4) is 0 Å². The van der Waals surface area contributed by atoms with Gasteiger partial charge in [0.15, 0.2) is 4.34 Å². The zero-order valence-electron chi connectivity index (χ0n) is 9.39. The number of Topliss-reactive ketones (excluding diaryl/α,β-unsaturated/α-hetero) is 1. The van der Waals surface area contributed by atoms with Crippen LogP contribution in [-0.2, 0) is 4.79 Å². The molecule has 0 N–H and O–H groups in total. The topological polar surface area (TPSA) is 30.0 Å². The molecule has 1 saturated carbocycles. The summed E-state index contributed by atoms with van der Waals surface area (Å²) < 4.78 is 2.24. The van der Waals surface area contributed by atoms with Gasteiger partial charge in [-0.05, 0) is 25.0 Å². The van der Waals surface area contributed by atoms with Crippen LogP contribution in [0.5, 0.6) is 0 Å². The summed E-state index contributed by atoms with van der Waals surface area (Å²) in [7, 11) is 0. The highest BCUT2D eigenvalue weighted by atomic mass is 32.2. The second-order valence-corrected chi connectivity index (χ2v) is 6.75. The number of fused-ring (bicyclic) bond motifs is 1. The van der Waals surface area contributed by atoms with Crippen molar-refractivity contribution in [1.29, 1.82) is 0 Å². The van der Waals surface area contributed by atoms with Gasteiger partial charge in [0, 0.05) is 6.42 Å². The lowest BCUT2D eigenvalue weighted by molar-refractivity contribution is -0.119. The van der Waals surface area contributed by atoms with Crippen LogP contribution in [0.2, 0.25) is 0 Å². The van der Waals surface area contributed by atoms with Gasteiger partial charge < -0.3 is 0 Å². The van der Waals surface area contributed by atoms with Crippen molar-refractivity contribution in [3.05, 3.63) is 24.3 Å². The van der Waals surface area contributed by atoms with Gasteiger partial charge in [0.2, 0.25) is 0 Å². The Morgan fingerprint density at radius 1 is 1.29 bits per heavy atom. The van der Waals surface area contributed by atoms with E-state index in [0.717, 1.165) is 29.1 Å². The van der Waals surface area contributed by atoms with E-state index < -0.39 is 0 Å². The summed E-state index contributed by atoms with van der Waals surface area (Å²) >= 11 is 3.35. The lowest BCUT2D eigenvalue weighted by Gasteiger charge is -2.18. The fourth-order valence-electron chi connectivity index (χ4n) is 2.10. The van der Waals surface area contributed by atoms with Gasteiger partial charge in [-0.3, -0.25) is 4.79 Å². The van der Waals surface area contributed by atoms with E-state index in [2.05, 4.69) is 11.1 Å². The second kappa shape index (κ2) is 4.78. The molecule has 4 heteroatoms. The number of carbonyl (C=O) groups is 1. The highest BCUT2D eigenvalue weighted by Crippen LogP contribution is 2.36. The number of hydrogen-bond acceptors (Lipinski definition) is 4. The first-order valence-corrected chi connectivity index (χ1v) is 7.57. The predicted octanol–water partition coefficient (Wildman–Crippen LogP) is 3.90. The molecule has 0 unspecified atom stereocenters. The van der Waals surface area contributed by atoms with E-state index in [1.165, 1.54) is 11.1 Å². The van der Waals surface area contributed by atoms with Gasteiger partial charge in [-0.15, -0.1) is 11.3 Å². The summed E-state index contributed by atoms with van der Waals surface area (Å²) in [6, 6.07) is 8.14. The Morgan fingerprint density at radius 3 is 3.00 bits per heavy atom. The Hall–Kier alpha value is -0.870. The first-order valence-electron chi connectivity index (χ1n) is 5.88.